The molecular formula is C14H21N3O. The molecule has 0 aromatic carbocycles. The van der Waals surface area contributed by atoms with Crippen molar-refractivity contribution in [1.82, 2.24) is 15.5 Å². The third-order valence-corrected chi connectivity index (χ3v) is 3.78. The van der Waals surface area contributed by atoms with Gasteiger partial charge in [-0.3, -0.25) is 4.79 Å². The lowest BCUT2D eigenvalue weighted by Crippen LogP contribution is -2.54. The van der Waals surface area contributed by atoms with Gasteiger partial charge in [-0.1, -0.05) is 24.8 Å². The van der Waals surface area contributed by atoms with E-state index in [0.717, 1.165) is 31.6 Å². The summed E-state index contributed by atoms with van der Waals surface area (Å²) in [7, 11) is 0. The number of piperidine rings is 1. The fraction of sp³-hybridized carbons (Fsp3) is 0.500. The van der Waals surface area contributed by atoms with Crippen molar-refractivity contribution in [3.8, 4) is 0 Å². The minimum absolute atomic E-state index is 0.162. The molecule has 2 fully saturated rings. The van der Waals surface area contributed by atoms with E-state index in [1.807, 2.05) is 25.2 Å². The van der Waals surface area contributed by atoms with Gasteiger partial charge in [0.05, 0.1) is 6.67 Å². The standard InChI is InChI=1S/C14H21N3O/c1-3-5-6-12(4-2)17-11-16-13(18)14(17)7-9-15-10-8-14/h3-6,15H,1,7-11H2,2H3,(H,16,18)/b6-5-,12-4+. The molecule has 2 aliphatic heterocycles. The first-order chi connectivity index (χ1) is 8.74. The lowest BCUT2D eigenvalue weighted by Gasteiger charge is -2.40. The van der Waals surface area contributed by atoms with Crippen molar-refractivity contribution in [2.45, 2.75) is 25.3 Å². The maximum absolute atomic E-state index is 12.2. The Labute approximate surface area is 108 Å². The average molecular weight is 247 g/mol. The number of nitrogens with one attached hydrogen (secondary N) is 2. The lowest BCUT2D eigenvalue weighted by molar-refractivity contribution is -0.127. The van der Waals surface area contributed by atoms with Crippen LogP contribution in [0.2, 0.25) is 0 Å². The van der Waals surface area contributed by atoms with E-state index in [9.17, 15) is 4.79 Å². The van der Waals surface area contributed by atoms with Crippen LogP contribution in [0, 0.1) is 0 Å². The first kappa shape index (κ1) is 12.9. The SMILES string of the molecule is C=C/C=C\C(=C/C)N1CNC(=O)C12CCNCC2. The molecule has 0 bridgehead atoms. The third kappa shape index (κ3) is 2.08. The van der Waals surface area contributed by atoms with Gasteiger partial charge < -0.3 is 15.5 Å². The zero-order valence-corrected chi connectivity index (χ0v) is 10.9. The second kappa shape index (κ2) is 5.40. The van der Waals surface area contributed by atoms with Gasteiger partial charge in [-0.2, -0.15) is 0 Å². The average Bonchev–Trinajstić information content (AvgIpc) is 2.70. The fourth-order valence-corrected chi connectivity index (χ4v) is 2.77. The second-order valence-corrected chi connectivity index (χ2v) is 4.68. The topological polar surface area (TPSA) is 44.4 Å². The molecule has 98 valence electrons. The van der Waals surface area contributed by atoms with Crippen molar-refractivity contribution < 1.29 is 4.79 Å². The summed E-state index contributed by atoms with van der Waals surface area (Å²) in [6, 6.07) is 0. The number of nitrogens with zero attached hydrogens (tertiary/aromatic N) is 1. The van der Waals surface area contributed by atoms with Gasteiger partial charge in [0.25, 0.3) is 0 Å². The quantitative estimate of drug-likeness (QED) is 0.735. The van der Waals surface area contributed by atoms with E-state index in [1.165, 1.54) is 0 Å². The van der Waals surface area contributed by atoms with Crippen LogP contribution in [0.4, 0.5) is 0 Å². The highest BCUT2D eigenvalue weighted by atomic mass is 16.2. The first-order valence-corrected chi connectivity index (χ1v) is 6.46. The summed E-state index contributed by atoms with van der Waals surface area (Å²) in [5.74, 6) is 0.162. The molecule has 0 radical (unpaired) electrons. The number of carbonyl (C=O) groups excluding carboxylic acids is 1. The Balaban J connectivity index is 2.28. The Morgan fingerprint density at radius 2 is 2.17 bits per heavy atom. The Kier molecular flexibility index (Phi) is 3.87. The zero-order chi connectivity index (χ0) is 13.0. The van der Waals surface area contributed by atoms with Crippen molar-refractivity contribution in [1.29, 1.82) is 0 Å². The van der Waals surface area contributed by atoms with Gasteiger partial charge in [0.15, 0.2) is 0 Å². The predicted molar refractivity (Wildman–Crippen MR) is 72.8 cm³/mol. The van der Waals surface area contributed by atoms with Crippen molar-refractivity contribution in [3.05, 3.63) is 36.6 Å². The first-order valence-electron chi connectivity index (χ1n) is 6.46. The van der Waals surface area contributed by atoms with Crippen molar-refractivity contribution in [3.63, 3.8) is 0 Å². The molecule has 0 atom stereocenters. The summed E-state index contributed by atoms with van der Waals surface area (Å²) < 4.78 is 0. The van der Waals surface area contributed by atoms with Gasteiger partial charge >= 0.3 is 0 Å². The molecule has 1 spiro atoms. The molecule has 4 heteroatoms. The molecule has 2 heterocycles. The lowest BCUT2D eigenvalue weighted by atomic mass is 9.86. The smallest absolute Gasteiger partial charge is 0.247 e. The molecule has 0 saturated carbocycles. The van der Waals surface area contributed by atoms with Crippen LogP contribution in [-0.4, -0.2) is 36.1 Å². The maximum Gasteiger partial charge on any atom is 0.247 e. The Bertz CT molecular complexity index is 392. The van der Waals surface area contributed by atoms with Crippen LogP contribution in [0.3, 0.4) is 0 Å². The van der Waals surface area contributed by atoms with E-state index in [1.54, 1.807) is 6.08 Å². The van der Waals surface area contributed by atoms with Gasteiger partial charge in [-0.05, 0) is 38.9 Å². The molecule has 4 nitrogen and oxygen atoms in total. The van der Waals surface area contributed by atoms with E-state index in [0.29, 0.717) is 6.67 Å². The van der Waals surface area contributed by atoms with E-state index in [4.69, 9.17) is 0 Å². The number of allylic oxidation sites excluding steroid dienone is 4. The summed E-state index contributed by atoms with van der Waals surface area (Å²) in [6.07, 6.45) is 9.44. The Morgan fingerprint density at radius 3 is 2.78 bits per heavy atom. The summed E-state index contributed by atoms with van der Waals surface area (Å²) in [4.78, 5) is 14.4. The molecular weight excluding hydrogens is 226 g/mol. The van der Waals surface area contributed by atoms with Crippen LogP contribution >= 0.6 is 0 Å². The van der Waals surface area contributed by atoms with Gasteiger partial charge in [0.2, 0.25) is 5.91 Å². The summed E-state index contributed by atoms with van der Waals surface area (Å²) in [5.41, 5.74) is 0.716. The molecule has 18 heavy (non-hydrogen) atoms. The molecule has 1 amide bonds. The van der Waals surface area contributed by atoms with Gasteiger partial charge in [-0.15, -0.1) is 0 Å². The highest BCUT2D eigenvalue weighted by Gasteiger charge is 2.49. The minimum atomic E-state index is -0.362. The van der Waals surface area contributed by atoms with Crippen LogP contribution < -0.4 is 10.6 Å². The van der Waals surface area contributed by atoms with Crippen LogP contribution in [0.15, 0.2) is 36.6 Å². The number of hydrogen-bond acceptors (Lipinski definition) is 3. The molecule has 2 N–H and O–H groups in total. The molecule has 0 aliphatic carbocycles. The van der Waals surface area contributed by atoms with Crippen molar-refractivity contribution in [2.24, 2.45) is 0 Å². The van der Waals surface area contributed by atoms with Crippen LogP contribution in [0.5, 0.6) is 0 Å². The number of carbonyl (C=O) groups is 1. The minimum Gasteiger partial charge on any atom is -0.339 e. The largest absolute Gasteiger partial charge is 0.339 e. The molecule has 2 aliphatic rings. The number of rotatable bonds is 3. The number of hydrogen-bond donors (Lipinski definition) is 2. The number of amides is 1. The summed E-state index contributed by atoms with van der Waals surface area (Å²) >= 11 is 0. The Hall–Kier alpha value is -1.55. The fourth-order valence-electron chi connectivity index (χ4n) is 2.77. The molecule has 2 saturated heterocycles. The monoisotopic (exact) mass is 247 g/mol. The molecule has 2 rings (SSSR count). The van der Waals surface area contributed by atoms with Gasteiger partial charge in [0.1, 0.15) is 5.54 Å². The van der Waals surface area contributed by atoms with E-state index in [-0.39, 0.29) is 11.4 Å². The molecule has 0 aromatic rings. The van der Waals surface area contributed by atoms with Crippen LogP contribution in [0.1, 0.15) is 19.8 Å². The zero-order valence-electron chi connectivity index (χ0n) is 10.9. The van der Waals surface area contributed by atoms with Gasteiger partial charge in [-0.25, -0.2) is 0 Å². The van der Waals surface area contributed by atoms with E-state index >= 15 is 0 Å². The molecule has 0 unspecified atom stereocenters. The summed E-state index contributed by atoms with van der Waals surface area (Å²) in [5, 5.41) is 6.30. The van der Waals surface area contributed by atoms with E-state index in [2.05, 4.69) is 22.1 Å². The predicted octanol–water partition coefficient (Wildman–Crippen LogP) is 1.14. The highest BCUT2D eigenvalue weighted by Crippen LogP contribution is 2.33. The maximum atomic E-state index is 12.2. The van der Waals surface area contributed by atoms with Crippen LogP contribution in [-0.2, 0) is 4.79 Å². The highest BCUT2D eigenvalue weighted by molar-refractivity contribution is 5.89. The van der Waals surface area contributed by atoms with Crippen LogP contribution in [0.25, 0.3) is 0 Å². The second-order valence-electron chi connectivity index (χ2n) is 4.68. The van der Waals surface area contributed by atoms with E-state index < -0.39 is 0 Å². The normalized spacial score (nSPS) is 23.7. The van der Waals surface area contributed by atoms with Crippen molar-refractivity contribution in [2.75, 3.05) is 19.8 Å². The third-order valence-electron chi connectivity index (χ3n) is 3.78. The molecule has 0 aromatic heterocycles. The Morgan fingerprint density at radius 1 is 1.44 bits per heavy atom. The van der Waals surface area contributed by atoms with Gasteiger partial charge in [0, 0.05) is 5.70 Å². The summed E-state index contributed by atoms with van der Waals surface area (Å²) in [6.45, 7) is 8.07. The van der Waals surface area contributed by atoms with Crippen molar-refractivity contribution >= 4 is 5.91 Å².